The van der Waals surface area contributed by atoms with Crippen molar-refractivity contribution >= 4 is 39.3 Å². The fourth-order valence-electron chi connectivity index (χ4n) is 1.80. The molecule has 0 spiro atoms. The van der Waals surface area contributed by atoms with Crippen molar-refractivity contribution in [1.29, 1.82) is 0 Å². The van der Waals surface area contributed by atoms with E-state index in [4.69, 9.17) is 21.1 Å². The molecule has 0 heterocycles. The molecule has 0 aliphatic rings. The predicted octanol–water partition coefficient (Wildman–Crippen LogP) is 4.68. The maximum atomic E-state index is 11.8. The third-order valence-corrected chi connectivity index (χ3v) is 3.82. The molecule has 0 aromatic heterocycles. The molecule has 0 atom stereocenters. The first kappa shape index (κ1) is 17.5. The number of hydrogen-bond donors (Lipinski definition) is 0. The Morgan fingerprint density at radius 2 is 1.83 bits per heavy atom. The molecule has 6 heteroatoms. The van der Waals surface area contributed by atoms with Crippen molar-refractivity contribution < 1.29 is 19.1 Å². The Morgan fingerprint density at radius 3 is 2.43 bits per heavy atom. The van der Waals surface area contributed by atoms with Gasteiger partial charge in [-0.25, -0.2) is 4.79 Å². The number of Topliss-reactive ketones (excluding diaryl/α,β-unsaturated/α-hetero) is 1. The molecule has 0 unspecified atom stereocenters. The van der Waals surface area contributed by atoms with Crippen LogP contribution in [0.4, 0.5) is 0 Å². The molecule has 0 saturated carbocycles. The summed E-state index contributed by atoms with van der Waals surface area (Å²) in [5, 5.41) is 0.563. The summed E-state index contributed by atoms with van der Waals surface area (Å²) in [6.45, 7) is 1.55. The number of ether oxygens (including phenoxy) is 2. The predicted molar refractivity (Wildman–Crippen MR) is 91.3 cm³/mol. The Kier molecular flexibility index (Phi) is 6.19. The average Bonchev–Trinajstić information content (AvgIpc) is 2.54. The second-order valence-corrected chi connectivity index (χ2v) is 5.93. The molecule has 0 saturated heterocycles. The highest BCUT2D eigenvalue weighted by Gasteiger charge is 2.09. The summed E-state index contributed by atoms with van der Waals surface area (Å²) in [4.78, 5) is 23.3. The van der Waals surface area contributed by atoms with Crippen LogP contribution in [-0.2, 0) is 4.79 Å². The molecule has 0 bridgehead atoms. The van der Waals surface area contributed by atoms with E-state index >= 15 is 0 Å². The van der Waals surface area contributed by atoms with E-state index < -0.39 is 5.97 Å². The molecule has 0 radical (unpaired) electrons. The van der Waals surface area contributed by atoms with Gasteiger partial charge in [-0.3, -0.25) is 4.79 Å². The minimum Gasteiger partial charge on any atom is -0.481 e. The summed E-state index contributed by atoms with van der Waals surface area (Å²) in [5.41, 5.74) is 0.591. The van der Waals surface area contributed by atoms with Gasteiger partial charge in [-0.2, -0.15) is 0 Å². The zero-order valence-electron chi connectivity index (χ0n) is 12.3. The second kappa shape index (κ2) is 8.13. The highest BCUT2D eigenvalue weighted by molar-refractivity contribution is 9.10. The Balaban J connectivity index is 1.90. The van der Waals surface area contributed by atoms with Crippen LogP contribution in [0.25, 0.3) is 0 Å². The van der Waals surface area contributed by atoms with Crippen molar-refractivity contribution in [1.82, 2.24) is 0 Å². The van der Waals surface area contributed by atoms with Crippen LogP contribution in [0.1, 0.15) is 23.7 Å². The number of hydrogen-bond acceptors (Lipinski definition) is 4. The lowest BCUT2D eigenvalue weighted by Crippen LogP contribution is -2.17. The van der Waals surface area contributed by atoms with Crippen molar-refractivity contribution in [2.45, 2.75) is 13.3 Å². The molecule has 2 aromatic rings. The molecular weight excluding hydrogens is 384 g/mol. The second-order valence-electron chi connectivity index (χ2n) is 4.64. The van der Waals surface area contributed by atoms with Gasteiger partial charge in [0.25, 0.3) is 0 Å². The molecule has 0 fully saturated rings. The van der Waals surface area contributed by atoms with E-state index in [9.17, 15) is 9.59 Å². The van der Waals surface area contributed by atoms with Crippen LogP contribution in [-0.4, -0.2) is 18.4 Å². The summed E-state index contributed by atoms with van der Waals surface area (Å²) in [6.07, 6.45) is 0.433. The third-order valence-electron chi connectivity index (χ3n) is 2.97. The third kappa shape index (κ3) is 5.08. The van der Waals surface area contributed by atoms with Gasteiger partial charge in [0.05, 0.1) is 4.47 Å². The first-order chi connectivity index (χ1) is 11.0. The van der Waals surface area contributed by atoms with Gasteiger partial charge in [0, 0.05) is 17.0 Å². The van der Waals surface area contributed by atoms with Gasteiger partial charge in [-0.15, -0.1) is 0 Å². The largest absolute Gasteiger partial charge is 0.481 e. The van der Waals surface area contributed by atoms with E-state index in [0.717, 1.165) is 0 Å². The maximum absolute atomic E-state index is 11.8. The Labute approximate surface area is 147 Å². The number of carbonyl (C=O) groups excluding carboxylic acids is 2. The quantitative estimate of drug-likeness (QED) is 0.403. The van der Waals surface area contributed by atoms with Crippen LogP contribution in [0, 0.1) is 0 Å². The van der Waals surface area contributed by atoms with Crippen molar-refractivity contribution in [2.75, 3.05) is 6.61 Å². The van der Waals surface area contributed by atoms with Crippen LogP contribution in [0.2, 0.25) is 5.02 Å². The molecule has 120 valence electrons. The number of ketones is 1. The van der Waals surface area contributed by atoms with Gasteiger partial charge >= 0.3 is 5.97 Å². The van der Waals surface area contributed by atoms with Crippen LogP contribution in [0.5, 0.6) is 11.5 Å². The van der Waals surface area contributed by atoms with Crippen LogP contribution in [0.15, 0.2) is 46.9 Å². The zero-order chi connectivity index (χ0) is 16.8. The van der Waals surface area contributed by atoms with Gasteiger partial charge in [0.15, 0.2) is 12.4 Å². The van der Waals surface area contributed by atoms with Gasteiger partial charge in [-0.05, 0) is 58.4 Å². The molecule has 2 aromatic carbocycles. The number of esters is 1. The van der Waals surface area contributed by atoms with E-state index in [1.54, 1.807) is 49.4 Å². The molecule has 4 nitrogen and oxygen atoms in total. The summed E-state index contributed by atoms with van der Waals surface area (Å²) >= 11 is 9.13. The van der Waals surface area contributed by atoms with Crippen molar-refractivity contribution in [3.05, 3.63) is 57.5 Å². The summed E-state index contributed by atoms with van der Waals surface area (Å²) in [5.74, 6) is 0.358. The molecule has 2 rings (SSSR count). The summed E-state index contributed by atoms with van der Waals surface area (Å²) < 4.78 is 11.2. The maximum Gasteiger partial charge on any atom is 0.349 e. The zero-order valence-corrected chi connectivity index (χ0v) is 14.7. The van der Waals surface area contributed by atoms with Crippen molar-refractivity contribution in [2.24, 2.45) is 0 Å². The Bertz CT molecular complexity index is 713. The lowest BCUT2D eigenvalue weighted by Gasteiger charge is -2.08. The van der Waals surface area contributed by atoms with Crippen LogP contribution >= 0.6 is 27.5 Å². The monoisotopic (exact) mass is 396 g/mol. The highest BCUT2D eigenvalue weighted by Crippen LogP contribution is 2.28. The first-order valence-corrected chi connectivity index (χ1v) is 8.08. The Morgan fingerprint density at radius 1 is 1.13 bits per heavy atom. The van der Waals surface area contributed by atoms with E-state index in [1.165, 1.54) is 0 Å². The first-order valence-electron chi connectivity index (χ1n) is 6.91. The van der Waals surface area contributed by atoms with Gasteiger partial charge in [-0.1, -0.05) is 18.5 Å². The van der Waals surface area contributed by atoms with Crippen LogP contribution < -0.4 is 9.47 Å². The minimum atomic E-state index is -0.540. The van der Waals surface area contributed by atoms with E-state index in [1.807, 2.05) is 0 Å². The van der Waals surface area contributed by atoms with Gasteiger partial charge in [0.1, 0.15) is 11.5 Å². The summed E-state index contributed by atoms with van der Waals surface area (Å²) in [7, 11) is 0. The topological polar surface area (TPSA) is 52.6 Å². The Hall–Kier alpha value is -1.85. The summed E-state index contributed by atoms with van der Waals surface area (Å²) in [6, 6.07) is 11.4. The van der Waals surface area contributed by atoms with Crippen molar-refractivity contribution in [3.63, 3.8) is 0 Å². The molecule has 0 aliphatic carbocycles. The number of halogens is 2. The molecule has 0 amide bonds. The minimum absolute atomic E-state index is 0.0406. The SMILES string of the molecule is CCC(=O)c1ccc(OC(=O)COc2ccc(Cl)cc2Br)cc1. The lowest BCUT2D eigenvalue weighted by molar-refractivity contribution is -0.136. The molecule has 0 N–H and O–H groups in total. The standard InChI is InChI=1S/C17H14BrClO4/c1-2-15(20)11-3-6-13(7-4-11)23-17(21)10-22-16-8-5-12(19)9-14(16)18/h3-9H,2,10H2,1H3. The fraction of sp³-hybridized carbons (Fsp3) is 0.176. The number of benzene rings is 2. The normalized spacial score (nSPS) is 10.2. The average molecular weight is 398 g/mol. The van der Waals surface area contributed by atoms with Gasteiger partial charge in [0.2, 0.25) is 0 Å². The van der Waals surface area contributed by atoms with Crippen LogP contribution in [0.3, 0.4) is 0 Å². The molecule has 0 aliphatic heterocycles. The highest BCUT2D eigenvalue weighted by atomic mass is 79.9. The number of rotatable bonds is 6. The van der Waals surface area contributed by atoms with E-state index in [0.29, 0.717) is 33.0 Å². The fourth-order valence-corrected chi connectivity index (χ4v) is 2.60. The van der Waals surface area contributed by atoms with E-state index in [2.05, 4.69) is 15.9 Å². The van der Waals surface area contributed by atoms with Crippen molar-refractivity contribution in [3.8, 4) is 11.5 Å². The number of carbonyl (C=O) groups is 2. The lowest BCUT2D eigenvalue weighted by atomic mass is 10.1. The molecule has 23 heavy (non-hydrogen) atoms. The van der Waals surface area contributed by atoms with Gasteiger partial charge < -0.3 is 9.47 Å². The smallest absolute Gasteiger partial charge is 0.349 e. The molecular formula is C17H14BrClO4. The van der Waals surface area contributed by atoms with E-state index in [-0.39, 0.29) is 12.4 Å².